The first-order valence-corrected chi connectivity index (χ1v) is 6.49. The van der Waals surface area contributed by atoms with E-state index in [0.717, 1.165) is 5.56 Å². The van der Waals surface area contributed by atoms with Crippen LogP contribution in [0.15, 0.2) is 53.1 Å². The fourth-order valence-corrected chi connectivity index (χ4v) is 1.88. The smallest absolute Gasteiger partial charge is 0.315 e. The van der Waals surface area contributed by atoms with E-state index >= 15 is 0 Å². The standard InChI is InChI=1S/C15H18N2O3/c18-11-13(9-12-5-2-1-3-6-12)17-15(19)16-10-14-7-4-8-20-14/h1-8,13,18H,9-11H2,(H2,16,17,19)/t13-/m0/s1. The van der Waals surface area contributed by atoms with Crippen molar-refractivity contribution in [3.8, 4) is 0 Å². The molecule has 20 heavy (non-hydrogen) atoms. The van der Waals surface area contributed by atoms with E-state index in [0.29, 0.717) is 18.7 Å². The minimum Gasteiger partial charge on any atom is -0.467 e. The molecule has 0 fully saturated rings. The molecule has 1 heterocycles. The molecular weight excluding hydrogens is 256 g/mol. The van der Waals surface area contributed by atoms with E-state index in [1.54, 1.807) is 18.4 Å². The van der Waals surface area contributed by atoms with Gasteiger partial charge < -0.3 is 20.2 Å². The average molecular weight is 274 g/mol. The van der Waals surface area contributed by atoms with E-state index in [2.05, 4.69) is 10.6 Å². The Bertz CT molecular complexity index is 511. The Labute approximate surface area is 117 Å². The van der Waals surface area contributed by atoms with Gasteiger partial charge in [-0.25, -0.2) is 4.79 Å². The Morgan fingerprint density at radius 3 is 2.65 bits per heavy atom. The van der Waals surface area contributed by atoms with Gasteiger partial charge in [0, 0.05) is 0 Å². The van der Waals surface area contributed by atoms with Crippen molar-refractivity contribution in [1.82, 2.24) is 10.6 Å². The van der Waals surface area contributed by atoms with E-state index in [4.69, 9.17) is 4.42 Å². The number of aliphatic hydroxyl groups excluding tert-OH is 1. The number of benzene rings is 1. The normalized spacial score (nSPS) is 11.8. The summed E-state index contributed by atoms with van der Waals surface area (Å²) in [6, 6.07) is 12.6. The highest BCUT2D eigenvalue weighted by atomic mass is 16.3. The van der Waals surface area contributed by atoms with Gasteiger partial charge in [0.1, 0.15) is 5.76 Å². The van der Waals surface area contributed by atoms with Crippen LogP contribution < -0.4 is 10.6 Å². The fraction of sp³-hybridized carbons (Fsp3) is 0.267. The summed E-state index contributed by atoms with van der Waals surface area (Å²) in [5.41, 5.74) is 1.07. The number of nitrogens with one attached hydrogen (secondary N) is 2. The number of urea groups is 1. The highest BCUT2D eigenvalue weighted by molar-refractivity contribution is 5.74. The lowest BCUT2D eigenvalue weighted by Crippen LogP contribution is -2.44. The van der Waals surface area contributed by atoms with Crippen molar-refractivity contribution >= 4 is 6.03 Å². The average Bonchev–Trinajstić information content (AvgIpc) is 2.99. The fourth-order valence-electron chi connectivity index (χ4n) is 1.88. The molecule has 0 saturated heterocycles. The molecule has 1 aromatic carbocycles. The summed E-state index contributed by atoms with van der Waals surface area (Å²) in [6.45, 7) is 0.214. The van der Waals surface area contributed by atoms with Gasteiger partial charge in [-0.1, -0.05) is 30.3 Å². The molecule has 0 aliphatic carbocycles. The molecule has 2 rings (SSSR count). The van der Waals surface area contributed by atoms with Crippen molar-refractivity contribution in [3.63, 3.8) is 0 Å². The second-order valence-electron chi connectivity index (χ2n) is 4.48. The summed E-state index contributed by atoms with van der Waals surface area (Å²) in [4.78, 5) is 11.7. The zero-order chi connectivity index (χ0) is 14.2. The van der Waals surface area contributed by atoms with Crippen molar-refractivity contribution in [2.75, 3.05) is 6.61 Å². The second kappa shape index (κ2) is 7.35. The number of carbonyl (C=O) groups is 1. The third kappa shape index (κ3) is 4.44. The summed E-state index contributed by atoms with van der Waals surface area (Å²) in [7, 11) is 0. The summed E-state index contributed by atoms with van der Waals surface area (Å²) in [5.74, 6) is 0.684. The minimum atomic E-state index is -0.323. The number of carbonyl (C=O) groups excluding carboxylic acids is 1. The van der Waals surface area contributed by atoms with E-state index in [1.165, 1.54) is 0 Å². The quantitative estimate of drug-likeness (QED) is 0.750. The molecule has 2 aromatic rings. The predicted molar refractivity (Wildman–Crippen MR) is 75.1 cm³/mol. The van der Waals surface area contributed by atoms with Crippen LogP contribution in [0.1, 0.15) is 11.3 Å². The lowest BCUT2D eigenvalue weighted by molar-refractivity contribution is 0.215. The first-order valence-electron chi connectivity index (χ1n) is 6.49. The second-order valence-corrected chi connectivity index (χ2v) is 4.48. The van der Waals surface area contributed by atoms with E-state index in [-0.39, 0.29) is 18.7 Å². The maximum atomic E-state index is 11.7. The molecule has 5 heteroatoms. The molecule has 0 aliphatic rings. The third-order valence-electron chi connectivity index (χ3n) is 2.88. The van der Waals surface area contributed by atoms with Crippen LogP contribution in [0.2, 0.25) is 0 Å². The molecule has 1 aromatic heterocycles. The van der Waals surface area contributed by atoms with Crippen LogP contribution in [0.25, 0.3) is 0 Å². The summed E-state index contributed by atoms with van der Waals surface area (Å²) >= 11 is 0. The topological polar surface area (TPSA) is 74.5 Å². The third-order valence-corrected chi connectivity index (χ3v) is 2.88. The molecule has 106 valence electrons. The van der Waals surface area contributed by atoms with Crippen LogP contribution in [0.3, 0.4) is 0 Å². The van der Waals surface area contributed by atoms with Crippen LogP contribution >= 0.6 is 0 Å². The Kier molecular flexibility index (Phi) is 5.20. The van der Waals surface area contributed by atoms with Gasteiger partial charge in [-0.3, -0.25) is 0 Å². The first-order chi connectivity index (χ1) is 9.78. The monoisotopic (exact) mass is 274 g/mol. The van der Waals surface area contributed by atoms with Gasteiger partial charge in [-0.15, -0.1) is 0 Å². The van der Waals surface area contributed by atoms with E-state index < -0.39 is 0 Å². The van der Waals surface area contributed by atoms with Gasteiger partial charge in [-0.05, 0) is 24.1 Å². The van der Waals surface area contributed by atoms with E-state index in [1.807, 2.05) is 30.3 Å². The number of amides is 2. The number of hydrogen-bond acceptors (Lipinski definition) is 3. The number of furan rings is 1. The van der Waals surface area contributed by atoms with E-state index in [9.17, 15) is 9.90 Å². The first kappa shape index (κ1) is 14.1. The molecule has 0 spiro atoms. The Balaban J connectivity index is 1.79. The molecule has 1 atom stereocenters. The van der Waals surface area contributed by atoms with Gasteiger partial charge in [0.15, 0.2) is 0 Å². The summed E-state index contributed by atoms with van der Waals surface area (Å²) in [5, 5.41) is 14.7. The summed E-state index contributed by atoms with van der Waals surface area (Å²) < 4.78 is 5.12. The van der Waals surface area contributed by atoms with Gasteiger partial charge in [0.25, 0.3) is 0 Å². The minimum absolute atomic E-state index is 0.108. The van der Waals surface area contributed by atoms with Crippen LogP contribution in [-0.4, -0.2) is 23.8 Å². The molecule has 0 saturated carbocycles. The van der Waals surface area contributed by atoms with Crippen molar-refractivity contribution in [1.29, 1.82) is 0 Å². The van der Waals surface area contributed by atoms with Crippen LogP contribution in [0.5, 0.6) is 0 Å². The predicted octanol–water partition coefficient (Wildman–Crippen LogP) is 1.68. The van der Waals surface area contributed by atoms with Gasteiger partial charge in [0.05, 0.1) is 25.5 Å². The van der Waals surface area contributed by atoms with Crippen LogP contribution in [0, 0.1) is 0 Å². The molecule has 0 unspecified atom stereocenters. The summed E-state index contributed by atoms with van der Waals surface area (Å²) in [6.07, 6.45) is 2.15. The maximum absolute atomic E-state index is 11.7. The van der Waals surface area contributed by atoms with Crippen molar-refractivity contribution < 1.29 is 14.3 Å². The lowest BCUT2D eigenvalue weighted by Gasteiger charge is -2.16. The molecule has 0 radical (unpaired) electrons. The van der Waals surface area contributed by atoms with Crippen LogP contribution in [0.4, 0.5) is 4.79 Å². The number of hydrogen-bond donors (Lipinski definition) is 3. The molecule has 0 aliphatic heterocycles. The zero-order valence-corrected chi connectivity index (χ0v) is 11.1. The largest absolute Gasteiger partial charge is 0.467 e. The molecule has 3 N–H and O–H groups in total. The molecule has 0 bridgehead atoms. The Morgan fingerprint density at radius 1 is 1.20 bits per heavy atom. The lowest BCUT2D eigenvalue weighted by atomic mass is 10.1. The van der Waals surface area contributed by atoms with Gasteiger partial charge in [0.2, 0.25) is 0 Å². The Morgan fingerprint density at radius 2 is 2.00 bits per heavy atom. The SMILES string of the molecule is O=C(NCc1ccco1)N[C@H](CO)Cc1ccccc1. The molecule has 5 nitrogen and oxygen atoms in total. The number of rotatable bonds is 6. The van der Waals surface area contributed by atoms with Crippen molar-refractivity contribution in [3.05, 3.63) is 60.1 Å². The Hall–Kier alpha value is -2.27. The van der Waals surface area contributed by atoms with Gasteiger partial charge >= 0.3 is 6.03 Å². The molecular formula is C15H18N2O3. The van der Waals surface area contributed by atoms with Crippen molar-refractivity contribution in [2.24, 2.45) is 0 Å². The molecule has 2 amide bonds. The van der Waals surface area contributed by atoms with Crippen molar-refractivity contribution in [2.45, 2.75) is 19.0 Å². The number of aliphatic hydroxyl groups is 1. The highest BCUT2D eigenvalue weighted by Crippen LogP contribution is 2.03. The van der Waals surface area contributed by atoms with Gasteiger partial charge in [-0.2, -0.15) is 0 Å². The highest BCUT2D eigenvalue weighted by Gasteiger charge is 2.12. The zero-order valence-electron chi connectivity index (χ0n) is 11.1. The van der Waals surface area contributed by atoms with Crippen LogP contribution in [-0.2, 0) is 13.0 Å². The maximum Gasteiger partial charge on any atom is 0.315 e.